The van der Waals surface area contributed by atoms with Crippen molar-refractivity contribution in [3.05, 3.63) is 0 Å². The summed E-state index contributed by atoms with van der Waals surface area (Å²) in [6, 6.07) is 0. The second kappa shape index (κ2) is 6.58. The van der Waals surface area contributed by atoms with Gasteiger partial charge in [-0.25, -0.2) is 0 Å². The van der Waals surface area contributed by atoms with E-state index < -0.39 is 0 Å². The lowest BCUT2D eigenvalue weighted by atomic mass is 10.3. The Labute approximate surface area is 69.1 Å². The van der Waals surface area contributed by atoms with Gasteiger partial charge in [-0.15, -0.1) is 0 Å². The minimum atomic E-state index is 0.277. The monoisotopic (exact) mass is 161 g/mol. The molecule has 2 atom stereocenters. The maximum Gasteiger partial charge on any atom is 0.0667 e. The smallest absolute Gasteiger partial charge is 0.0667 e. The first-order chi connectivity index (χ1) is 5.20. The molecule has 0 rings (SSSR count). The molecular formula is C8H19NO2. The molecule has 0 aromatic carbocycles. The molecule has 0 fully saturated rings. The first-order valence-electron chi connectivity index (χ1n) is 3.97. The molecule has 0 bridgehead atoms. The molecule has 0 aliphatic carbocycles. The van der Waals surface area contributed by atoms with Crippen LogP contribution in [-0.2, 0) is 9.47 Å². The molecule has 3 nitrogen and oxygen atoms in total. The van der Waals surface area contributed by atoms with Gasteiger partial charge >= 0.3 is 0 Å². The molecule has 68 valence electrons. The molecule has 0 radical (unpaired) electrons. The molecule has 0 aromatic rings. The lowest BCUT2D eigenvalue weighted by molar-refractivity contribution is 0.0963. The minimum absolute atomic E-state index is 0.277. The van der Waals surface area contributed by atoms with Gasteiger partial charge in [-0.1, -0.05) is 0 Å². The third kappa shape index (κ3) is 6.28. The third-order valence-electron chi connectivity index (χ3n) is 1.67. The summed E-state index contributed by atoms with van der Waals surface area (Å²) in [5.74, 6) is 0. The molecule has 1 N–H and O–H groups in total. The van der Waals surface area contributed by atoms with Crippen LogP contribution in [0.5, 0.6) is 0 Å². The zero-order chi connectivity index (χ0) is 8.69. The predicted molar refractivity (Wildman–Crippen MR) is 45.8 cm³/mol. The summed E-state index contributed by atoms with van der Waals surface area (Å²) in [6.07, 6.45) is 0.554. The van der Waals surface area contributed by atoms with Crippen molar-refractivity contribution in [3.8, 4) is 0 Å². The molecule has 0 saturated carbocycles. The fourth-order valence-corrected chi connectivity index (χ4v) is 0.657. The summed E-state index contributed by atoms with van der Waals surface area (Å²) in [6.45, 7) is 5.82. The Balaban J connectivity index is 3.13. The first kappa shape index (κ1) is 10.9. The van der Waals surface area contributed by atoms with Crippen LogP contribution in [0.2, 0.25) is 0 Å². The number of methoxy groups -OCH3 is 2. The Hall–Kier alpha value is -0.120. The highest BCUT2D eigenvalue weighted by atomic mass is 16.5. The van der Waals surface area contributed by atoms with Crippen LogP contribution in [0.1, 0.15) is 13.8 Å². The first-order valence-corrected chi connectivity index (χ1v) is 3.97. The molecule has 0 heterocycles. The Kier molecular flexibility index (Phi) is 6.51. The SMILES string of the molecule is CO[C@@H](C)CNC[C@H](C)OC. The van der Waals surface area contributed by atoms with Gasteiger partial charge in [-0.05, 0) is 13.8 Å². The number of hydrogen-bond acceptors (Lipinski definition) is 3. The molecule has 0 aromatic heterocycles. The van der Waals surface area contributed by atoms with Gasteiger partial charge in [0.1, 0.15) is 0 Å². The lowest BCUT2D eigenvalue weighted by Crippen LogP contribution is -2.32. The molecule has 3 heteroatoms. The average molecular weight is 161 g/mol. The van der Waals surface area contributed by atoms with E-state index in [1.165, 1.54) is 0 Å². The molecule has 0 aliphatic heterocycles. The van der Waals surface area contributed by atoms with Crippen LogP contribution < -0.4 is 5.32 Å². The fourth-order valence-electron chi connectivity index (χ4n) is 0.657. The highest BCUT2D eigenvalue weighted by Gasteiger charge is 2.00. The van der Waals surface area contributed by atoms with Gasteiger partial charge in [-0.3, -0.25) is 0 Å². The van der Waals surface area contributed by atoms with Crippen molar-refractivity contribution in [2.75, 3.05) is 27.3 Å². The maximum absolute atomic E-state index is 5.06. The summed E-state index contributed by atoms with van der Waals surface area (Å²) in [4.78, 5) is 0. The lowest BCUT2D eigenvalue weighted by Gasteiger charge is -2.13. The number of ether oxygens (including phenoxy) is 2. The van der Waals surface area contributed by atoms with Crippen LogP contribution in [-0.4, -0.2) is 39.5 Å². The van der Waals surface area contributed by atoms with Gasteiger partial charge in [0, 0.05) is 27.3 Å². The van der Waals surface area contributed by atoms with Gasteiger partial charge < -0.3 is 14.8 Å². The Morgan fingerprint density at radius 3 is 1.64 bits per heavy atom. The summed E-state index contributed by atoms with van der Waals surface area (Å²) < 4.78 is 10.1. The predicted octanol–water partition coefficient (Wildman–Crippen LogP) is 0.646. The highest BCUT2D eigenvalue weighted by molar-refractivity contribution is 4.58. The number of rotatable bonds is 6. The van der Waals surface area contributed by atoms with Crippen molar-refractivity contribution >= 4 is 0 Å². The van der Waals surface area contributed by atoms with Gasteiger partial charge in [0.15, 0.2) is 0 Å². The van der Waals surface area contributed by atoms with Crippen molar-refractivity contribution in [3.63, 3.8) is 0 Å². The minimum Gasteiger partial charge on any atom is -0.380 e. The van der Waals surface area contributed by atoms with Crippen LogP contribution in [0.4, 0.5) is 0 Å². The molecule has 11 heavy (non-hydrogen) atoms. The Bertz CT molecular complexity index is 78.2. The molecule has 0 saturated heterocycles. The standard InChI is InChI=1S/C8H19NO2/c1-7(10-3)5-9-6-8(2)11-4/h7-9H,5-6H2,1-4H3/t7-,8-/m0/s1. The van der Waals surface area contributed by atoms with E-state index in [0.29, 0.717) is 0 Å². The highest BCUT2D eigenvalue weighted by Crippen LogP contribution is 1.86. The van der Waals surface area contributed by atoms with Crippen molar-refractivity contribution in [2.24, 2.45) is 0 Å². The largest absolute Gasteiger partial charge is 0.380 e. The van der Waals surface area contributed by atoms with Gasteiger partial charge in [0.05, 0.1) is 12.2 Å². The quantitative estimate of drug-likeness (QED) is 0.620. The summed E-state index contributed by atoms with van der Waals surface area (Å²) in [5, 5.41) is 3.24. The van der Waals surface area contributed by atoms with Crippen LogP contribution in [0, 0.1) is 0 Å². The van der Waals surface area contributed by atoms with Crippen molar-refractivity contribution in [2.45, 2.75) is 26.1 Å². The summed E-state index contributed by atoms with van der Waals surface area (Å²) in [5.41, 5.74) is 0. The normalized spacial score (nSPS) is 16.4. The molecule has 0 aliphatic rings. The van der Waals surface area contributed by atoms with E-state index in [1.807, 2.05) is 13.8 Å². The van der Waals surface area contributed by atoms with Crippen LogP contribution in [0.15, 0.2) is 0 Å². The van der Waals surface area contributed by atoms with Gasteiger partial charge in [-0.2, -0.15) is 0 Å². The van der Waals surface area contributed by atoms with Gasteiger partial charge in [0.25, 0.3) is 0 Å². The summed E-state index contributed by atoms with van der Waals surface area (Å²) >= 11 is 0. The van der Waals surface area contributed by atoms with E-state index >= 15 is 0 Å². The topological polar surface area (TPSA) is 30.5 Å². The third-order valence-corrected chi connectivity index (χ3v) is 1.67. The van der Waals surface area contributed by atoms with E-state index in [1.54, 1.807) is 14.2 Å². The zero-order valence-electron chi connectivity index (χ0n) is 7.89. The second-order valence-electron chi connectivity index (χ2n) is 2.75. The van der Waals surface area contributed by atoms with Crippen molar-refractivity contribution in [1.82, 2.24) is 5.32 Å². The van der Waals surface area contributed by atoms with Crippen LogP contribution in [0.25, 0.3) is 0 Å². The van der Waals surface area contributed by atoms with Crippen LogP contribution in [0.3, 0.4) is 0 Å². The average Bonchev–Trinajstić information content (AvgIpc) is 2.04. The van der Waals surface area contributed by atoms with Crippen LogP contribution >= 0.6 is 0 Å². The second-order valence-corrected chi connectivity index (χ2v) is 2.75. The molecule has 0 spiro atoms. The molecule has 0 unspecified atom stereocenters. The zero-order valence-corrected chi connectivity index (χ0v) is 7.89. The Morgan fingerprint density at radius 2 is 1.36 bits per heavy atom. The van der Waals surface area contributed by atoms with E-state index in [0.717, 1.165) is 13.1 Å². The number of hydrogen-bond donors (Lipinski definition) is 1. The molecular weight excluding hydrogens is 142 g/mol. The van der Waals surface area contributed by atoms with Crippen molar-refractivity contribution < 1.29 is 9.47 Å². The van der Waals surface area contributed by atoms with E-state index in [2.05, 4.69) is 5.32 Å². The van der Waals surface area contributed by atoms with Gasteiger partial charge in [0.2, 0.25) is 0 Å². The fraction of sp³-hybridized carbons (Fsp3) is 1.00. The van der Waals surface area contributed by atoms with Crippen molar-refractivity contribution in [1.29, 1.82) is 0 Å². The molecule has 0 amide bonds. The number of nitrogens with one attached hydrogen (secondary N) is 1. The van der Waals surface area contributed by atoms with E-state index in [-0.39, 0.29) is 12.2 Å². The summed E-state index contributed by atoms with van der Waals surface area (Å²) in [7, 11) is 3.43. The van der Waals surface area contributed by atoms with E-state index in [4.69, 9.17) is 9.47 Å². The Morgan fingerprint density at radius 1 is 1.00 bits per heavy atom. The maximum atomic E-state index is 5.06. The van der Waals surface area contributed by atoms with E-state index in [9.17, 15) is 0 Å².